The van der Waals surface area contributed by atoms with Crippen molar-refractivity contribution in [3.63, 3.8) is 0 Å². The number of aromatic nitrogens is 2. The van der Waals surface area contributed by atoms with Crippen LogP contribution in [0.3, 0.4) is 0 Å². The average Bonchev–Trinajstić information content (AvgIpc) is 3.25. The van der Waals surface area contributed by atoms with Gasteiger partial charge in [-0.1, -0.05) is 26.8 Å². The van der Waals surface area contributed by atoms with Crippen molar-refractivity contribution < 1.29 is 4.79 Å². The third-order valence-electron chi connectivity index (χ3n) is 9.39. The summed E-state index contributed by atoms with van der Waals surface area (Å²) >= 11 is 0. The Morgan fingerprint density at radius 3 is 2.76 bits per heavy atom. The van der Waals surface area contributed by atoms with Gasteiger partial charge in [-0.15, -0.1) is 0 Å². The molecule has 0 bridgehead atoms. The second-order valence-corrected chi connectivity index (χ2v) is 10.5. The Hall–Kier alpha value is -1.71. The molecule has 3 aliphatic carbocycles. The van der Waals surface area contributed by atoms with Gasteiger partial charge in [0.1, 0.15) is 0 Å². The Kier molecular flexibility index (Phi) is 4.42. The number of fused-ring (bicyclic) bond motifs is 5. The molecule has 3 fully saturated rings. The Morgan fingerprint density at radius 2 is 2.00 bits per heavy atom. The normalized spacial score (nSPS) is 40.8. The number of nitrogens with zero attached hydrogens (tertiary/aromatic N) is 3. The molecular weight excluding hydrogens is 358 g/mol. The molecule has 0 aromatic carbocycles. The maximum Gasteiger partial charge on any atom is 0.219 e. The molecule has 4 aliphatic rings. The van der Waals surface area contributed by atoms with E-state index in [1.54, 1.807) is 6.92 Å². The van der Waals surface area contributed by atoms with E-state index >= 15 is 0 Å². The molecular formula is C25H35N3O. The zero-order chi connectivity index (χ0) is 20.4. The van der Waals surface area contributed by atoms with Crippen LogP contribution in [-0.2, 0) is 11.2 Å². The first kappa shape index (κ1) is 19.3. The van der Waals surface area contributed by atoms with Crippen LogP contribution in [-0.4, -0.2) is 33.4 Å². The van der Waals surface area contributed by atoms with Gasteiger partial charge in [-0.05, 0) is 79.1 Å². The third kappa shape index (κ3) is 2.67. The van der Waals surface area contributed by atoms with Crippen molar-refractivity contribution in [1.82, 2.24) is 14.9 Å². The highest BCUT2D eigenvalue weighted by Gasteiger charge is 2.60. The highest BCUT2D eigenvalue weighted by atomic mass is 16.2. The van der Waals surface area contributed by atoms with Crippen LogP contribution in [0.1, 0.15) is 77.6 Å². The molecule has 5 rings (SSSR count). The highest BCUT2D eigenvalue weighted by Crippen LogP contribution is 2.66. The van der Waals surface area contributed by atoms with Crippen LogP contribution in [0.15, 0.2) is 18.5 Å². The zero-order valence-electron chi connectivity index (χ0n) is 18.4. The molecule has 1 aliphatic heterocycles. The van der Waals surface area contributed by atoms with E-state index in [0.717, 1.165) is 36.2 Å². The quantitative estimate of drug-likeness (QED) is 0.718. The van der Waals surface area contributed by atoms with Crippen molar-refractivity contribution >= 4 is 11.5 Å². The van der Waals surface area contributed by atoms with Crippen LogP contribution >= 0.6 is 0 Å². The third-order valence-corrected chi connectivity index (χ3v) is 9.39. The van der Waals surface area contributed by atoms with Crippen molar-refractivity contribution in [3.05, 3.63) is 29.9 Å². The van der Waals surface area contributed by atoms with Crippen molar-refractivity contribution in [2.45, 2.75) is 78.7 Å². The van der Waals surface area contributed by atoms with Gasteiger partial charge in [0.2, 0.25) is 5.91 Å². The minimum absolute atomic E-state index is 0.226. The van der Waals surface area contributed by atoms with Crippen LogP contribution in [0.25, 0.3) is 5.57 Å². The maximum atomic E-state index is 12.2. The predicted octanol–water partition coefficient (Wildman–Crippen LogP) is 4.90. The predicted molar refractivity (Wildman–Crippen MR) is 115 cm³/mol. The van der Waals surface area contributed by atoms with E-state index in [0.29, 0.717) is 17.4 Å². The summed E-state index contributed by atoms with van der Waals surface area (Å²) in [6.45, 7) is 9.87. The summed E-state index contributed by atoms with van der Waals surface area (Å²) in [5.74, 6) is 2.52. The summed E-state index contributed by atoms with van der Waals surface area (Å²) < 4.78 is 0. The fraction of sp³-hybridized carbons (Fsp3) is 0.720. The number of aryl methyl sites for hydroxylation is 1. The molecule has 1 aromatic rings. The lowest BCUT2D eigenvalue weighted by Gasteiger charge is -2.57. The van der Waals surface area contributed by atoms with E-state index < -0.39 is 0 Å². The van der Waals surface area contributed by atoms with Gasteiger partial charge >= 0.3 is 0 Å². The molecule has 4 heteroatoms. The van der Waals surface area contributed by atoms with E-state index in [9.17, 15) is 4.79 Å². The van der Waals surface area contributed by atoms with Gasteiger partial charge in [-0.2, -0.15) is 0 Å². The van der Waals surface area contributed by atoms with Gasteiger partial charge in [0.15, 0.2) is 0 Å². The first-order valence-electron chi connectivity index (χ1n) is 11.7. The number of likely N-dealkylation sites (tertiary alicyclic amines) is 1. The van der Waals surface area contributed by atoms with E-state index in [4.69, 9.17) is 4.98 Å². The minimum Gasteiger partial charge on any atom is -0.339 e. The largest absolute Gasteiger partial charge is 0.339 e. The molecule has 1 amide bonds. The van der Waals surface area contributed by atoms with Crippen molar-refractivity contribution in [3.8, 4) is 0 Å². The van der Waals surface area contributed by atoms with Gasteiger partial charge in [0, 0.05) is 25.7 Å². The van der Waals surface area contributed by atoms with Gasteiger partial charge in [0.05, 0.1) is 17.6 Å². The van der Waals surface area contributed by atoms with Crippen molar-refractivity contribution in [2.24, 2.45) is 28.6 Å². The maximum absolute atomic E-state index is 12.2. The number of amides is 1. The number of rotatable bonds is 2. The molecule has 1 saturated heterocycles. The lowest BCUT2D eigenvalue weighted by molar-refractivity contribution is -0.134. The number of carbonyl (C=O) groups is 1. The fourth-order valence-corrected chi connectivity index (χ4v) is 7.86. The second kappa shape index (κ2) is 6.65. The Labute approximate surface area is 175 Å². The molecule has 0 N–H and O–H groups in total. The van der Waals surface area contributed by atoms with Gasteiger partial charge in [0.25, 0.3) is 0 Å². The fourth-order valence-electron chi connectivity index (χ4n) is 7.86. The summed E-state index contributed by atoms with van der Waals surface area (Å²) in [6, 6.07) is 0.464. The number of carbonyl (C=O) groups excluding carboxylic acids is 1. The molecule has 1 aromatic heterocycles. The molecule has 0 radical (unpaired) electrons. The van der Waals surface area contributed by atoms with Crippen LogP contribution in [0.5, 0.6) is 0 Å². The van der Waals surface area contributed by atoms with Crippen molar-refractivity contribution in [1.29, 1.82) is 0 Å². The average molecular weight is 394 g/mol. The summed E-state index contributed by atoms with van der Waals surface area (Å²) in [7, 11) is 0. The zero-order valence-corrected chi connectivity index (χ0v) is 18.4. The van der Waals surface area contributed by atoms with Gasteiger partial charge in [-0.3, -0.25) is 9.78 Å². The molecule has 156 valence electrons. The molecule has 2 saturated carbocycles. The van der Waals surface area contributed by atoms with Crippen LogP contribution < -0.4 is 0 Å². The molecule has 0 spiro atoms. The SMILES string of the molecule is CCc1cncc(C2=CC[C@H]3[C@@H]4CCC5N(C(C)=O)CC[C@]5(C)[C@H]4CCC23C)n1. The van der Waals surface area contributed by atoms with Crippen molar-refractivity contribution in [2.75, 3.05) is 6.54 Å². The Bertz CT molecular complexity index is 863. The van der Waals surface area contributed by atoms with Gasteiger partial charge in [-0.25, -0.2) is 4.98 Å². The molecule has 2 unspecified atom stereocenters. The minimum atomic E-state index is 0.226. The van der Waals surface area contributed by atoms with E-state index in [2.05, 4.69) is 36.7 Å². The van der Waals surface area contributed by atoms with Crippen LogP contribution in [0.2, 0.25) is 0 Å². The first-order chi connectivity index (χ1) is 13.9. The summed E-state index contributed by atoms with van der Waals surface area (Å²) in [4.78, 5) is 23.8. The summed E-state index contributed by atoms with van der Waals surface area (Å²) in [5, 5.41) is 0. The van der Waals surface area contributed by atoms with Gasteiger partial charge < -0.3 is 4.90 Å². The van der Waals surface area contributed by atoms with E-state index in [1.807, 2.05) is 12.4 Å². The summed E-state index contributed by atoms with van der Waals surface area (Å²) in [5.41, 5.74) is 4.18. The smallest absolute Gasteiger partial charge is 0.219 e. The number of hydrogen-bond acceptors (Lipinski definition) is 3. The van der Waals surface area contributed by atoms with E-state index in [-0.39, 0.29) is 11.3 Å². The summed E-state index contributed by atoms with van der Waals surface area (Å²) in [6.07, 6.45) is 14.7. The Morgan fingerprint density at radius 1 is 1.17 bits per heavy atom. The number of allylic oxidation sites excluding steroid dienone is 2. The molecule has 29 heavy (non-hydrogen) atoms. The number of hydrogen-bond donors (Lipinski definition) is 0. The monoisotopic (exact) mass is 393 g/mol. The van der Waals surface area contributed by atoms with Crippen LogP contribution in [0, 0.1) is 28.6 Å². The topological polar surface area (TPSA) is 46.1 Å². The molecule has 2 heterocycles. The first-order valence-corrected chi connectivity index (χ1v) is 11.7. The highest BCUT2D eigenvalue weighted by molar-refractivity contribution is 5.74. The lowest BCUT2D eigenvalue weighted by Crippen LogP contribution is -2.54. The lowest BCUT2D eigenvalue weighted by atomic mass is 9.48. The Balaban J connectivity index is 1.43. The van der Waals surface area contributed by atoms with E-state index in [1.165, 1.54) is 44.1 Å². The molecule has 6 atom stereocenters. The second-order valence-electron chi connectivity index (χ2n) is 10.5. The molecule has 4 nitrogen and oxygen atoms in total. The van der Waals surface area contributed by atoms with Crippen LogP contribution in [0.4, 0.5) is 0 Å². The standard InChI is InChI=1S/C25H35N3O/c1-5-17-14-26-15-22(27-17)21-8-7-19-18-6-9-23-25(4,12-13-28(23)16(2)29)20(18)10-11-24(19,21)3/h8,14-15,18-20,23H,5-7,9-13H2,1-4H3/t18-,19-,20-,23?,24?,25+/m0/s1.